The molecule has 7 N–H and O–H groups in total. The lowest BCUT2D eigenvalue weighted by atomic mass is 9.81. The first-order valence-corrected chi connectivity index (χ1v) is 7.74. The summed E-state index contributed by atoms with van der Waals surface area (Å²) in [5, 5.41) is 68.1. The van der Waals surface area contributed by atoms with E-state index in [-0.39, 0.29) is 6.42 Å². The number of ether oxygens (including phenoxy) is 2. The van der Waals surface area contributed by atoms with Gasteiger partial charge >= 0.3 is 0 Å². The van der Waals surface area contributed by atoms with Crippen LogP contribution in [0.1, 0.15) is 13.3 Å². The summed E-state index contributed by atoms with van der Waals surface area (Å²) in [5.74, 6) is -0.616. The van der Waals surface area contributed by atoms with Gasteiger partial charge in [-0.2, -0.15) is 0 Å². The smallest absolute Gasteiger partial charge is 0.111 e. The molecule has 0 aromatic rings. The molecule has 23 heavy (non-hydrogen) atoms. The van der Waals surface area contributed by atoms with E-state index in [1.807, 2.05) is 0 Å². The Kier molecular flexibility index (Phi) is 6.34. The number of hydrogen-bond donors (Lipinski definition) is 7. The minimum absolute atomic E-state index is 0.0407. The van der Waals surface area contributed by atoms with E-state index in [1.165, 1.54) is 0 Å². The third-order valence-corrected chi connectivity index (χ3v) is 4.84. The van der Waals surface area contributed by atoms with Gasteiger partial charge in [0.2, 0.25) is 0 Å². The van der Waals surface area contributed by atoms with Crippen molar-refractivity contribution in [1.29, 1.82) is 0 Å². The summed E-state index contributed by atoms with van der Waals surface area (Å²) < 4.78 is 10.9. The summed E-state index contributed by atoms with van der Waals surface area (Å²) in [4.78, 5) is 0. The van der Waals surface area contributed by atoms with Crippen LogP contribution < -0.4 is 0 Å². The fourth-order valence-electron chi connectivity index (χ4n) is 3.33. The molecule has 136 valence electrons. The van der Waals surface area contributed by atoms with Crippen LogP contribution in [0.2, 0.25) is 0 Å². The van der Waals surface area contributed by atoms with E-state index in [9.17, 15) is 30.6 Å². The monoisotopic (exact) mass is 338 g/mol. The molecule has 0 saturated carbocycles. The Labute approximate surface area is 133 Å². The molecule has 2 rings (SSSR count). The van der Waals surface area contributed by atoms with E-state index in [4.69, 9.17) is 14.6 Å². The zero-order valence-corrected chi connectivity index (χ0v) is 12.8. The number of hydrogen-bond acceptors (Lipinski definition) is 9. The molecule has 2 saturated heterocycles. The molecule has 0 aromatic carbocycles. The predicted molar refractivity (Wildman–Crippen MR) is 75.3 cm³/mol. The number of rotatable bonds is 4. The summed E-state index contributed by atoms with van der Waals surface area (Å²) in [7, 11) is 0. The van der Waals surface area contributed by atoms with Gasteiger partial charge in [0.1, 0.15) is 36.6 Å². The second-order valence-electron chi connectivity index (χ2n) is 6.31. The summed E-state index contributed by atoms with van der Waals surface area (Å²) in [6, 6.07) is 0. The Morgan fingerprint density at radius 2 is 1.13 bits per heavy atom. The predicted octanol–water partition coefficient (Wildman–Crippen LogP) is -3.66. The lowest BCUT2D eigenvalue weighted by Crippen LogP contribution is -2.61. The van der Waals surface area contributed by atoms with Gasteiger partial charge in [0, 0.05) is 5.92 Å². The average molecular weight is 338 g/mol. The first kappa shape index (κ1) is 19.0. The Balaban J connectivity index is 2.08. The standard InChI is InChI=1S/C14H26O9/c1-5-6(10(17)12(19)8(3-15)22-5)2-7-11(18)14(21)13(20)9(4-16)23-7/h5-21H,2-4H2,1H3/t5-,6?,7-,8?,9?,10+,11?,12-,13-,14+/m0/s1. The third-order valence-electron chi connectivity index (χ3n) is 4.84. The molecule has 0 radical (unpaired) electrons. The summed E-state index contributed by atoms with van der Waals surface area (Å²) in [5.41, 5.74) is 0. The van der Waals surface area contributed by atoms with Crippen LogP contribution in [0.5, 0.6) is 0 Å². The van der Waals surface area contributed by atoms with Crippen LogP contribution in [-0.2, 0) is 9.47 Å². The molecule has 0 aromatic heterocycles. The van der Waals surface area contributed by atoms with Crippen LogP contribution >= 0.6 is 0 Å². The maximum atomic E-state index is 10.2. The van der Waals surface area contributed by atoms with E-state index in [1.54, 1.807) is 6.92 Å². The van der Waals surface area contributed by atoms with E-state index >= 15 is 0 Å². The average Bonchev–Trinajstić information content (AvgIpc) is 2.54. The normalized spacial score (nSPS) is 51.7. The molecule has 2 heterocycles. The van der Waals surface area contributed by atoms with Crippen molar-refractivity contribution in [1.82, 2.24) is 0 Å². The molecule has 0 amide bonds. The van der Waals surface area contributed by atoms with Gasteiger partial charge in [0.05, 0.1) is 31.5 Å². The highest BCUT2D eigenvalue weighted by molar-refractivity contribution is 4.97. The van der Waals surface area contributed by atoms with Gasteiger partial charge in [-0.25, -0.2) is 0 Å². The minimum Gasteiger partial charge on any atom is -0.394 e. The minimum atomic E-state index is -1.49. The van der Waals surface area contributed by atoms with Crippen LogP contribution in [0, 0.1) is 5.92 Å². The molecular weight excluding hydrogens is 312 g/mol. The second kappa shape index (κ2) is 7.68. The molecule has 9 nitrogen and oxygen atoms in total. The van der Waals surface area contributed by atoms with Crippen molar-refractivity contribution in [2.45, 2.75) is 68.3 Å². The summed E-state index contributed by atoms with van der Waals surface area (Å²) >= 11 is 0. The van der Waals surface area contributed by atoms with Crippen molar-refractivity contribution in [2.75, 3.05) is 13.2 Å². The van der Waals surface area contributed by atoms with Gasteiger partial charge in [-0.05, 0) is 13.3 Å². The highest BCUT2D eigenvalue weighted by Crippen LogP contribution is 2.33. The van der Waals surface area contributed by atoms with Gasteiger partial charge in [-0.1, -0.05) is 0 Å². The van der Waals surface area contributed by atoms with E-state index in [2.05, 4.69) is 0 Å². The first-order chi connectivity index (χ1) is 10.8. The highest BCUT2D eigenvalue weighted by Gasteiger charge is 2.48. The van der Waals surface area contributed by atoms with E-state index < -0.39 is 74.1 Å². The van der Waals surface area contributed by atoms with Gasteiger partial charge in [-0.3, -0.25) is 0 Å². The Bertz CT molecular complexity index is 379. The van der Waals surface area contributed by atoms with Crippen molar-refractivity contribution in [3.63, 3.8) is 0 Å². The van der Waals surface area contributed by atoms with Crippen LogP contribution in [0.25, 0.3) is 0 Å². The number of aliphatic hydroxyl groups excluding tert-OH is 7. The van der Waals surface area contributed by atoms with Crippen molar-refractivity contribution in [2.24, 2.45) is 5.92 Å². The molecule has 2 aliphatic rings. The molecule has 10 atom stereocenters. The van der Waals surface area contributed by atoms with Gasteiger partial charge in [-0.15, -0.1) is 0 Å². The van der Waals surface area contributed by atoms with Crippen LogP contribution in [0.3, 0.4) is 0 Å². The highest BCUT2D eigenvalue weighted by atomic mass is 16.5. The molecule has 9 heteroatoms. The fourth-order valence-corrected chi connectivity index (χ4v) is 3.33. The zero-order valence-electron chi connectivity index (χ0n) is 12.8. The van der Waals surface area contributed by atoms with Crippen LogP contribution in [-0.4, -0.2) is 104 Å². The Morgan fingerprint density at radius 3 is 1.70 bits per heavy atom. The molecule has 0 aliphatic carbocycles. The lowest BCUT2D eigenvalue weighted by Gasteiger charge is -2.45. The van der Waals surface area contributed by atoms with Gasteiger partial charge < -0.3 is 45.2 Å². The quantitative estimate of drug-likeness (QED) is 0.274. The first-order valence-electron chi connectivity index (χ1n) is 7.74. The van der Waals surface area contributed by atoms with Crippen LogP contribution in [0.15, 0.2) is 0 Å². The molecule has 0 spiro atoms. The molecule has 2 aliphatic heterocycles. The SMILES string of the molecule is C[C@@H]1OC(CO)[C@H](O)[C@H](O)C1C[C@@H]1OC(CO)[C@H](O)[C@H](O)C1O. The Hall–Kier alpha value is -0.360. The Morgan fingerprint density at radius 1 is 0.652 bits per heavy atom. The van der Waals surface area contributed by atoms with Crippen molar-refractivity contribution in [3.05, 3.63) is 0 Å². The van der Waals surface area contributed by atoms with E-state index in [0.29, 0.717) is 0 Å². The van der Waals surface area contributed by atoms with Crippen molar-refractivity contribution < 1.29 is 45.2 Å². The van der Waals surface area contributed by atoms with Gasteiger partial charge in [0.25, 0.3) is 0 Å². The zero-order chi connectivity index (χ0) is 17.3. The molecule has 4 unspecified atom stereocenters. The van der Waals surface area contributed by atoms with Gasteiger partial charge in [0.15, 0.2) is 0 Å². The van der Waals surface area contributed by atoms with Crippen LogP contribution in [0.4, 0.5) is 0 Å². The third kappa shape index (κ3) is 3.68. The molecule has 0 bridgehead atoms. The summed E-state index contributed by atoms with van der Waals surface area (Å²) in [6.45, 7) is 0.692. The van der Waals surface area contributed by atoms with Crippen molar-refractivity contribution >= 4 is 0 Å². The maximum Gasteiger partial charge on any atom is 0.111 e. The summed E-state index contributed by atoms with van der Waals surface area (Å²) in [6.07, 6.45) is -10.2. The topological polar surface area (TPSA) is 160 Å². The van der Waals surface area contributed by atoms with E-state index in [0.717, 1.165) is 0 Å². The largest absolute Gasteiger partial charge is 0.394 e. The lowest BCUT2D eigenvalue weighted by molar-refractivity contribution is -0.249. The molecular formula is C14H26O9. The maximum absolute atomic E-state index is 10.2. The van der Waals surface area contributed by atoms with Crippen molar-refractivity contribution in [3.8, 4) is 0 Å². The molecule has 2 fully saturated rings. The second-order valence-corrected chi connectivity index (χ2v) is 6.31. The number of aliphatic hydroxyl groups is 7. The fraction of sp³-hybridized carbons (Fsp3) is 1.00.